The molecule has 7 nitrogen and oxygen atoms in total. The number of ether oxygens (including phenoxy) is 1. The average Bonchev–Trinajstić information content (AvgIpc) is 3.44. The normalized spacial score (nSPS) is 21.9. The number of benzene rings is 2. The second-order valence-electron chi connectivity index (χ2n) is 10.6. The highest BCUT2D eigenvalue weighted by molar-refractivity contribution is 6.10. The molecule has 1 saturated carbocycles. The zero-order chi connectivity index (χ0) is 27.2. The number of nitrogens with two attached hydrogens (primary N) is 1. The Morgan fingerprint density at radius 3 is 2.63 bits per heavy atom. The maximum Gasteiger partial charge on any atom is 0.416 e. The fraction of sp³-hybridized carbons (Fsp3) is 0.464. The lowest BCUT2D eigenvalue weighted by Gasteiger charge is -2.46. The highest BCUT2D eigenvalue weighted by Gasteiger charge is 2.48. The smallest absolute Gasteiger partial charge is 0.374 e. The van der Waals surface area contributed by atoms with Gasteiger partial charge in [0.2, 0.25) is 0 Å². The van der Waals surface area contributed by atoms with Crippen molar-refractivity contribution in [3.63, 3.8) is 0 Å². The first-order valence-corrected chi connectivity index (χ1v) is 12.9. The number of fused-ring (bicyclic) bond motifs is 1. The molecule has 1 unspecified atom stereocenters. The Morgan fingerprint density at radius 1 is 1.24 bits per heavy atom. The van der Waals surface area contributed by atoms with Gasteiger partial charge >= 0.3 is 6.18 Å². The van der Waals surface area contributed by atoms with Crippen molar-refractivity contribution in [2.75, 3.05) is 18.1 Å². The Kier molecular flexibility index (Phi) is 6.81. The monoisotopic (exact) mass is 527 g/mol. The van der Waals surface area contributed by atoms with Gasteiger partial charge in [-0.05, 0) is 79.6 Å². The maximum absolute atomic E-state index is 14.2. The minimum absolute atomic E-state index is 0.00825. The summed E-state index contributed by atoms with van der Waals surface area (Å²) in [6, 6.07) is 10.2. The highest BCUT2D eigenvalue weighted by atomic mass is 19.4. The Morgan fingerprint density at radius 2 is 2.00 bits per heavy atom. The molecule has 2 aliphatic rings. The number of carbonyl (C=O) groups excluding carboxylic acids is 1. The average molecular weight is 528 g/mol. The van der Waals surface area contributed by atoms with Crippen molar-refractivity contribution in [1.29, 1.82) is 0 Å². The van der Waals surface area contributed by atoms with Crippen molar-refractivity contribution < 1.29 is 22.7 Å². The van der Waals surface area contributed by atoms with E-state index in [2.05, 4.69) is 17.1 Å². The van der Waals surface area contributed by atoms with Crippen LogP contribution in [0.3, 0.4) is 0 Å². The second kappa shape index (κ2) is 9.81. The standard InChI is InChI=1S/C28H32F3N5O2/c1-17-13-27(14-17,26-34-33-16-35(26)3)20-6-4-7-21(12-20)36-15-23-22(25(36)37)10-19(11-24(23)28(29,30)31)18(2)38-9-5-8-32/h4,6-7,10-12,16-18H,5,8-9,13-15,32H2,1-3H3. The van der Waals surface area contributed by atoms with Crippen molar-refractivity contribution in [1.82, 2.24) is 14.8 Å². The largest absolute Gasteiger partial charge is 0.416 e. The molecule has 1 aliphatic heterocycles. The van der Waals surface area contributed by atoms with Crippen LogP contribution in [0.4, 0.5) is 18.9 Å². The molecular formula is C28H32F3N5O2. The predicted molar refractivity (Wildman–Crippen MR) is 137 cm³/mol. The Hall–Kier alpha value is -3.24. The number of rotatable bonds is 8. The van der Waals surface area contributed by atoms with E-state index in [-0.39, 0.29) is 23.1 Å². The summed E-state index contributed by atoms with van der Waals surface area (Å²) in [5.41, 5.74) is 6.27. The van der Waals surface area contributed by atoms with E-state index in [0.29, 0.717) is 36.7 Å². The molecule has 0 radical (unpaired) electrons. The molecule has 10 heteroatoms. The Labute approximate surface area is 219 Å². The van der Waals surface area contributed by atoms with E-state index in [1.807, 2.05) is 29.8 Å². The van der Waals surface area contributed by atoms with Gasteiger partial charge in [0, 0.05) is 24.9 Å². The molecule has 3 aromatic rings. The van der Waals surface area contributed by atoms with E-state index < -0.39 is 23.8 Å². The van der Waals surface area contributed by atoms with Gasteiger partial charge in [0.25, 0.3) is 5.91 Å². The first kappa shape index (κ1) is 26.4. The van der Waals surface area contributed by atoms with Crippen molar-refractivity contribution in [3.05, 3.63) is 76.4 Å². The summed E-state index contributed by atoms with van der Waals surface area (Å²) < 4.78 is 50.0. The third-order valence-corrected chi connectivity index (χ3v) is 7.80. The van der Waals surface area contributed by atoms with Crippen LogP contribution in [0.25, 0.3) is 0 Å². The van der Waals surface area contributed by atoms with E-state index in [1.165, 1.54) is 4.90 Å². The summed E-state index contributed by atoms with van der Waals surface area (Å²) in [7, 11) is 1.90. The van der Waals surface area contributed by atoms with Crippen molar-refractivity contribution >= 4 is 11.6 Å². The van der Waals surface area contributed by atoms with Crippen LogP contribution < -0.4 is 10.6 Å². The van der Waals surface area contributed by atoms with Gasteiger partial charge in [-0.25, -0.2) is 0 Å². The number of anilines is 1. The van der Waals surface area contributed by atoms with E-state index >= 15 is 0 Å². The molecule has 1 amide bonds. The molecule has 1 atom stereocenters. The number of amides is 1. The van der Waals surface area contributed by atoms with Gasteiger partial charge in [-0.3, -0.25) is 4.79 Å². The number of hydrogen-bond donors (Lipinski definition) is 1. The third-order valence-electron chi connectivity index (χ3n) is 7.80. The van der Waals surface area contributed by atoms with Gasteiger partial charge in [0.1, 0.15) is 12.2 Å². The van der Waals surface area contributed by atoms with Crippen LogP contribution in [0.5, 0.6) is 0 Å². The van der Waals surface area contributed by atoms with Crippen LogP contribution in [0, 0.1) is 5.92 Å². The lowest BCUT2D eigenvalue weighted by Crippen LogP contribution is -2.43. The second-order valence-corrected chi connectivity index (χ2v) is 10.6. The first-order valence-electron chi connectivity index (χ1n) is 12.9. The Bertz CT molecular complexity index is 1350. The maximum atomic E-state index is 14.2. The Balaban J connectivity index is 1.51. The van der Waals surface area contributed by atoms with Crippen molar-refractivity contribution in [2.45, 2.75) is 57.3 Å². The summed E-state index contributed by atoms with van der Waals surface area (Å²) in [5.74, 6) is 0.889. The molecule has 2 N–H and O–H groups in total. The molecule has 0 spiro atoms. The number of aryl methyl sites for hydroxylation is 1. The lowest BCUT2D eigenvalue weighted by atomic mass is 9.58. The summed E-state index contributed by atoms with van der Waals surface area (Å²) in [6.45, 7) is 4.46. The molecule has 1 aromatic heterocycles. The number of carbonyl (C=O) groups is 1. The van der Waals surface area contributed by atoms with Crippen molar-refractivity contribution in [2.24, 2.45) is 18.7 Å². The molecule has 202 valence electrons. The van der Waals surface area contributed by atoms with Gasteiger partial charge in [0.05, 0.1) is 23.6 Å². The fourth-order valence-electron chi connectivity index (χ4n) is 5.93. The van der Waals surface area contributed by atoms with Crippen molar-refractivity contribution in [3.8, 4) is 0 Å². The molecular weight excluding hydrogens is 495 g/mol. The molecule has 2 heterocycles. The molecule has 2 aromatic carbocycles. The number of alkyl halides is 3. The van der Waals surface area contributed by atoms with E-state index in [0.717, 1.165) is 30.3 Å². The highest BCUT2D eigenvalue weighted by Crippen LogP contribution is 2.52. The summed E-state index contributed by atoms with van der Waals surface area (Å²) >= 11 is 0. The van der Waals surface area contributed by atoms with Crippen LogP contribution in [0.1, 0.15) is 77.7 Å². The predicted octanol–water partition coefficient (Wildman–Crippen LogP) is 5.14. The van der Waals surface area contributed by atoms with E-state index in [9.17, 15) is 18.0 Å². The van der Waals surface area contributed by atoms with Gasteiger partial charge in [-0.1, -0.05) is 19.1 Å². The summed E-state index contributed by atoms with van der Waals surface area (Å²) in [4.78, 5) is 15.0. The van der Waals surface area contributed by atoms with Crippen LogP contribution >= 0.6 is 0 Å². The van der Waals surface area contributed by atoms with E-state index in [1.54, 1.807) is 25.4 Å². The van der Waals surface area contributed by atoms with E-state index in [4.69, 9.17) is 10.5 Å². The topological polar surface area (TPSA) is 86.3 Å². The van der Waals surface area contributed by atoms with Gasteiger partial charge in [0.15, 0.2) is 0 Å². The summed E-state index contributed by atoms with van der Waals surface area (Å²) in [6.07, 6.45) is -1.20. The number of halogens is 3. The molecule has 38 heavy (non-hydrogen) atoms. The number of hydrogen-bond acceptors (Lipinski definition) is 5. The lowest BCUT2D eigenvalue weighted by molar-refractivity contribution is -0.138. The zero-order valence-corrected chi connectivity index (χ0v) is 21.8. The number of aromatic nitrogens is 3. The third kappa shape index (κ3) is 4.49. The van der Waals surface area contributed by atoms with Gasteiger partial charge in [-0.2, -0.15) is 13.2 Å². The molecule has 0 saturated heterocycles. The van der Waals surface area contributed by atoms with Crippen LogP contribution in [0.15, 0.2) is 42.7 Å². The minimum atomic E-state index is -4.60. The first-order chi connectivity index (χ1) is 18.0. The molecule has 1 fully saturated rings. The number of nitrogens with zero attached hydrogens (tertiary/aromatic N) is 4. The molecule has 1 aliphatic carbocycles. The quantitative estimate of drug-likeness (QED) is 0.410. The van der Waals surface area contributed by atoms with Gasteiger partial charge < -0.3 is 19.9 Å². The summed E-state index contributed by atoms with van der Waals surface area (Å²) in [5, 5.41) is 8.44. The SMILES string of the molecule is CC1CC(c2cccc(N3Cc4c(cc(C(C)OCCCN)cc4C(F)(F)F)C3=O)c2)(c2nncn2C)C1. The van der Waals surface area contributed by atoms with Crippen LogP contribution in [-0.4, -0.2) is 33.8 Å². The van der Waals surface area contributed by atoms with Crippen LogP contribution in [-0.2, 0) is 29.9 Å². The minimum Gasteiger partial charge on any atom is -0.374 e. The zero-order valence-electron chi connectivity index (χ0n) is 21.8. The molecule has 0 bridgehead atoms. The van der Waals surface area contributed by atoms with Crippen LogP contribution in [0.2, 0.25) is 0 Å². The fourth-order valence-corrected chi connectivity index (χ4v) is 5.93. The molecule has 5 rings (SSSR count). The van der Waals surface area contributed by atoms with Gasteiger partial charge in [-0.15, -0.1) is 10.2 Å².